The number of carbonyl (C=O) groups is 2. The molecule has 0 aliphatic heterocycles. The highest BCUT2D eigenvalue weighted by atomic mass is 19.2. The van der Waals surface area contributed by atoms with Gasteiger partial charge in [0.2, 0.25) is 0 Å². The summed E-state index contributed by atoms with van der Waals surface area (Å²) in [6.45, 7) is 1.53. The van der Waals surface area contributed by atoms with Crippen molar-refractivity contribution >= 4 is 11.6 Å². The van der Waals surface area contributed by atoms with Gasteiger partial charge in [0.1, 0.15) is 16.9 Å². The van der Waals surface area contributed by atoms with Gasteiger partial charge in [-0.05, 0) is 43.5 Å². The van der Waals surface area contributed by atoms with Crippen molar-refractivity contribution in [1.29, 1.82) is 5.26 Å². The minimum absolute atomic E-state index is 0.0158. The van der Waals surface area contributed by atoms with Gasteiger partial charge in [-0.15, -0.1) is 0 Å². The lowest BCUT2D eigenvalue weighted by molar-refractivity contribution is -0.121. The second-order valence-corrected chi connectivity index (χ2v) is 8.13. The number of carbonyl (C=O) groups excluding carboxylic acids is 2. The average Bonchev–Trinajstić information content (AvgIpc) is 3.20. The Hall–Kier alpha value is -3.80. The number of Topliss-reactive ketones (excluding diaryl/α,β-unsaturated/α-hetero) is 2. The molecule has 1 aromatic carbocycles. The maximum Gasteiger partial charge on any atom is 0.196 e. The fraction of sp³-hybridized carbons (Fsp3) is 0.292. The monoisotopic (exact) mass is 452 g/mol. The fourth-order valence-corrected chi connectivity index (χ4v) is 4.08. The van der Waals surface area contributed by atoms with Crippen LogP contribution in [0.25, 0.3) is 5.69 Å². The molecule has 1 fully saturated rings. The summed E-state index contributed by atoms with van der Waals surface area (Å²) < 4.78 is 42.0. The first-order valence-corrected chi connectivity index (χ1v) is 10.4. The van der Waals surface area contributed by atoms with Gasteiger partial charge in [0.25, 0.3) is 0 Å². The van der Waals surface area contributed by atoms with Crippen LogP contribution >= 0.6 is 0 Å². The van der Waals surface area contributed by atoms with Crippen molar-refractivity contribution in [3.63, 3.8) is 0 Å². The number of hydrogen-bond acceptors (Lipinski definition) is 5. The first-order chi connectivity index (χ1) is 15.8. The van der Waals surface area contributed by atoms with Crippen LogP contribution in [0, 0.1) is 35.7 Å². The molecule has 1 saturated carbocycles. The minimum atomic E-state index is -1.61. The van der Waals surface area contributed by atoms with Crippen molar-refractivity contribution in [1.82, 2.24) is 14.8 Å². The summed E-state index contributed by atoms with van der Waals surface area (Å²) in [4.78, 5) is 28.8. The Morgan fingerprint density at radius 2 is 1.85 bits per heavy atom. The number of aromatic nitrogens is 3. The molecule has 0 atom stereocenters. The summed E-state index contributed by atoms with van der Waals surface area (Å²) >= 11 is 0. The van der Waals surface area contributed by atoms with Gasteiger partial charge < -0.3 is 0 Å². The summed E-state index contributed by atoms with van der Waals surface area (Å²) in [6, 6.07) is 7.56. The van der Waals surface area contributed by atoms with Gasteiger partial charge in [-0.1, -0.05) is 6.07 Å². The molecule has 3 aromatic rings. The van der Waals surface area contributed by atoms with E-state index in [1.165, 1.54) is 19.3 Å². The molecule has 0 N–H and O–H groups in total. The highest BCUT2D eigenvalue weighted by Crippen LogP contribution is 2.36. The van der Waals surface area contributed by atoms with Gasteiger partial charge >= 0.3 is 0 Å². The van der Waals surface area contributed by atoms with Gasteiger partial charge in [-0.25, -0.2) is 17.9 Å². The zero-order valence-electron chi connectivity index (χ0n) is 17.7. The predicted molar refractivity (Wildman–Crippen MR) is 111 cm³/mol. The largest absolute Gasteiger partial charge is 0.300 e. The van der Waals surface area contributed by atoms with Crippen LogP contribution in [0.15, 0.2) is 36.7 Å². The zero-order valence-corrected chi connectivity index (χ0v) is 17.7. The van der Waals surface area contributed by atoms with Crippen LogP contribution in [-0.2, 0) is 16.6 Å². The second kappa shape index (κ2) is 8.62. The molecule has 1 aliphatic carbocycles. The third kappa shape index (κ3) is 4.04. The van der Waals surface area contributed by atoms with E-state index in [4.69, 9.17) is 0 Å². The van der Waals surface area contributed by atoms with E-state index in [1.807, 2.05) is 0 Å². The number of halogens is 3. The van der Waals surface area contributed by atoms with E-state index in [2.05, 4.69) is 16.2 Å². The van der Waals surface area contributed by atoms with Crippen LogP contribution in [0.4, 0.5) is 13.2 Å². The van der Waals surface area contributed by atoms with Crippen LogP contribution < -0.4 is 0 Å². The third-order valence-corrected chi connectivity index (χ3v) is 6.11. The van der Waals surface area contributed by atoms with E-state index in [9.17, 15) is 28.0 Å². The maximum absolute atomic E-state index is 14.1. The molecule has 2 aromatic heterocycles. The molecule has 4 rings (SSSR count). The molecule has 0 unspecified atom stereocenters. The lowest BCUT2D eigenvalue weighted by Gasteiger charge is -2.29. The van der Waals surface area contributed by atoms with Gasteiger partial charge in [-0.2, -0.15) is 10.4 Å². The molecule has 33 heavy (non-hydrogen) atoms. The number of benzene rings is 1. The first kappa shape index (κ1) is 22.4. The molecule has 0 radical (unpaired) electrons. The molecule has 9 heteroatoms. The Morgan fingerprint density at radius 3 is 2.48 bits per heavy atom. The zero-order chi connectivity index (χ0) is 23.8. The van der Waals surface area contributed by atoms with Crippen molar-refractivity contribution in [3.8, 4) is 11.8 Å². The van der Waals surface area contributed by atoms with E-state index in [0.717, 1.165) is 16.8 Å². The standard InChI is InChI=1S/C24H19F3N4O2/c1-14-17(12-30-31(14)19-4-3-18(25)22(26)23(19)27)20(33)10-15-2-5-21(29-11-15)24(13-28)8-6-16(32)7-9-24/h2-5,11-12H,6-10H2,1H3. The Labute approximate surface area is 187 Å². The van der Waals surface area contributed by atoms with E-state index in [0.29, 0.717) is 36.9 Å². The number of rotatable bonds is 5. The molecule has 168 valence electrons. The molecule has 6 nitrogen and oxygen atoms in total. The smallest absolute Gasteiger partial charge is 0.196 e. The van der Waals surface area contributed by atoms with Crippen LogP contribution in [-0.4, -0.2) is 26.3 Å². The number of nitriles is 1. The lowest BCUT2D eigenvalue weighted by Crippen LogP contribution is -2.31. The number of pyridine rings is 1. The summed E-state index contributed by atoms with van der Waals surface area (Å²) in [7, 11) is 0. The maximum atomic E-state index is 14.1. The van der Waals surface area contributed by atoms with Crippen molar-refractivity contribution in [2.24, 2.45) is 0 Å². The highest BCUT2D eigenvalue weighted by molar-refractivity contribution is 5.98. The van der Waals surface area contributed by atoms with Gasteiger partial charge in [0.15, 0.2) is 23.2 Å². The Kier molecular flexibility index (Phi) is 5.85. The van der Waals surface area contributed by atoms with E-state index >= 15 is 0 Å². The van der Waals surface area contributed by atoms with Crippen LogP contribution in [0.3, 0.4) is 0 Å². The van der Waals surface area contributed by atoms with Crippen LogP contribution in [0.5, 0.6) is 0 Å². The van der Waals surface area contributed by atoms with Crippen molar-refractivity contribution in [2.75, 3.05) is 0 Å². The van der Waals surface area contributed by atoms with Crippen LogP contribution in [0.2, 0.25) is 0 Å². The lowest BCUT2D eigenvalue weighted by atomic mass is 9.72. The summed E-state index contributed by atoms with van der Waals surface area (Å²) in [5, 5.41) is 13.7. The topological polar surface area (TPSA) is 88.6 Å². The summed E-state index contributed by atoms with van der Waals surface area (Å²) in [5.74, 6) is -4.49. The van der Waals surface area contributed by atoms with Crippen LogP contribution in [0.1, 0.15) is 53.0 Å². The second-order valence-electron chi connectivity index (χ2n) is 8.13. The molecule has 1 aliphatic rings. The quantitative estimate of drug-likeness (QED) is 0.425. The molecule has 0 saturated heterocycles. The SMILES string of the molecule is Cc1c(C(=O)Cc2ccc(C3(C#N)CCC(=O)CC3)nc2)cnn1-c1ccc(F)c(F)c1F. The molecular weight excluding hydrogens is 433 g/mol. The first-order valence-electron chi connectivity index (χ1n) is 10.4. The van der Waals surface area contributed by atoms with Gasteiger partial charge in [0.05, 0.1) is 29.2 Å². The van der Waals surface area contributed by atoms with Crippen molar-refractivity contribution < 1.29 is 22.8 Å². The van der Waals surface area contributed by atoms with E-state index in [1.54, 1.807) is 12.1 Å². The Balaban J connectivity index is 1.53. The number of ketones is 2. The number of hydrogen-bond donors (Lipinski definition) is 0. The molecule has 0 bridgehead atoms. The average molecular weight is 452 g/mol. The predicted octanol–water partition coefficient (Wildman–Crippen LogP) is 4.32. The molecular formula is C24H19F3N4O2. The third-order valence-electron chi connectivity index (χ3n) is 6.11. The Bertz CT molecular complexity index is 1280. The molecule has 0 spiro atoms. The minimum Gasteiger partial charge on any atom is -0.300 e. The highest BCUT2D eigenvalue weighted by Gasteiger charge is 2.37. The van der Waals surface area contributed by atoms with Gasteiger partial charge in [0, 0.05) is 25.5 Å². The molecule has 2 heterocycles. The van der Waals surface area contributed by atoms with Crippen molar-refractivity contribution in [2.45, 2.75) is 44.4 Å². The fourth-order valence-electron chi connectivity index (χ4n) is 4.08. The normalized spacial score (nSPS) is 15.3. The summed E-state index contributed by atoms with van der Waals surface area (Å²) in [6.07, 6.45) is 4.30. The van der Waals surface area contributed by atoms with E-state index < -0.39 is 22.9 Å². The molecule has 0 amide bonds. The van der Waals surface area contributed by atoms with E-state index in [-0.39, 0.29) is 34.9 Å². The Morgan fingerprint density at radius 1 is 1.12 bits per heavy atom. The summed E-state index contributed by atoms with van der Waals surface area (Å²) in [5.41, 5.74) is 0.570. The van der Waals surface area contributed by atoms with Gasteiger partial charge in [-0.3, -0.25) is 14.6 Å². The number of nitrogens with zero attached hydrogens (tertiary/aromatic N) is 4. The van der Waals surface area contributed by atoms with Crippen molar-refractivity contribution in [3.05, 3.63) is 76.6 Å².